The van der Waals surface area contributed by atoms with Crippen molar-refractivity contribution in [3.8, 4) is 0 Å². The third kappa shape index (κ3) is 2.87. The van der Waals surface area contributed by atoms with Gasteiger partial charge in [0, 0.05) is 24.9 Å². The molecule has 0 bridgehead atoms. The van der Waals surface area contributed by atoms with Gasteiger partial charge in [0.1, 0.15) is 0 Å². The molecule has 1 spiro atoms. The summed E-state index contributed by atoms with van der Waals surface area (Å²) in [6, 6.07) is 2.85. The summed E-state index contributed by atoms with van der Waals surface area (Å²) in [7, 11) is 0. The van der Waals surface area contributed by atoms with Crippen molar-refractivity contribution < 1.29 is 4.74 Å². The van der Waals surface area contributed by atoms with E-state index >= 15 is 0 Å². The normalized spacial score (nSPS) is 33.3. The lowest BCUT2D eigenvalue weighted by molar-refractivity contribution is -0.0703. The molecule has 1 aromatic rings. The van der Waals surface area contributed by atoms with Gasteiger partial charge in [-0.05, 0) is 47.4 Å². The SMILES string of the molecule is c1cc(CNC2CCOC3(CCSC3)C2)cs1. The van der Waals surface area contributed by atoms with Crippen LogP contribution in [0.3, 0.4) is 0 Å². The van der Waals surface area contributed by atoms with Crippen LogP contribution in [0.25, 0.3) is 0 Å². The highest BCUT2D eigenvalue weighted by molar-refractivity contribution is 7.99. The smallest absolute Gasteiger partial charge is 0.0795 e. The Kier molecular flexibility index (Phi) is 3.75. The van der Waals surface area contributed by atoms with Crippen LogP contribution in [0.2, 0.25) is 0 Å². The summed E-state index contributed by atoms with van der Waals surface area (Å²) in [5.74, 6) is 2.47. The van der Waals surface area contributed by atoms with Crippen LogP contribution in [0.1, 0.15) is 24.8 Å². The van der Waals surface area contributed by atoms with Crippen molar-refractivity contribution in [1.29, 1.82) is 0 Å². The van der Waals surface area contributed by atoms with Gasteiger partial charge in [-0.2, -0.15) is 23.1 Å². The minimum Gasteiger partial charge on any atom is -0.374 e. The standard InChI is InChI=1S/C13H19NOS2/c1-4-15-13(3-6-17-10-13)7-12(1)14-8-11-2-5-16-9-11/h2,5,9,12,14H,1,3-4,6-8,10H2. The summed E-state index contributed by atoms with van der Waals surface area (Å²) >= 11 is 3.82. The summed E-state index contributed by atoms with van der Waals surface area (Å²) in [5.41, 5.74) is 1.62. The Balaban J connectivity index is 1.53. The minimum atomic E-state index is 0.204. The second-order valence-corrected chi connectivity index (χ2v) is 6.92. The van der Waals surface area contributed by atoms with E-state index in [9.17, 15) is 0 Å². The van der Waals surface area contributed by atoms with Crippen LogP contribution in [-0.4, -0.2) is 29.8 Å². The van der Waals surface area contributed by atoms with Gasteiger partial charge in [0.15, 0.2) is 0 Å². The van der Waals surface area contributed by atoms with E-state index in [0.717, 1.165) is 19.6 Å². The Hall–Kier alpha value is -0.0300. The summed E-state index contributed by atoms with van der Waals surface area (Å²) < 4.78 is 6.03. The fraction of sp³-hybridized carbons (Fsp3) is 0.692. The van der Waals surface area contributed by atoms with E-state index in [2.05, 4.69) is 22.1 Å². The maximum Gasteiger partial charge on any atom is 0.0795 e. The average Bonchev–Trinajstić information content (AvgIpc) is 2.99. The second kappa shape index (κ2) is 5.31. The van der Waals surface area contributed by atoms with E-state index in [4.69, 9.17) is 4.74 Å². The molecule has 2 saturated heterocycles. The molecule has 0 aromatic carbocycles. The molecule has 4 heteroatoms. The van der Waals surface area contributed by atoms with Gasteiger partial charge in [0.25, 0.3) is 0 Å². The van der Waals surface area contributed by atoms with E-state index in [0.29, 0.717) is 6.04 Å². The Bertz CT molecular complexity index is 346. The molecule has 3 heterocycles. The van der Waals surface area contributed by atoms with Crippen LogP contribution in [0.4, 0.5) is 0 Å². The molecule has 0 saturated carbocycles. The van der Waals surface area contributed by atoms with Crippen LogP contribution < -0.4 is 5.32 Å². The van der Waals surface area contributed by atoms with Gasteiger partial charge >= 0.3 is 0 Å². The van der Waals surface area contributed by atoms with Crippen molar-refractivity contribution in [2.75, 3.05) is 18.1 Å². The first-order valence-corrected chi connectivity index (χ1v) is 8.42. The highest BCUT2D eigenvalue weighted by Gasteiger charge is 2.40. The number of nitrogens with one attached hydrogen (secondary N) is 1. The van der Waals surface area contributed by atoms with Gasteiger partial charge < -0.3 is 10.1 Å². The van der Waals surface area contributed by atoms with E-state index in [-0.39, 0.29) is 5.60 Å². The van der Waals surface area contributed by atoms with Crippen molar-refractivity contribution in [3.63, 3.8) is 0 Å². The molecule has 2 aliphatic heterocycles. The number of hydrogen-bond donors (Lipinski definition) is 1. The van der Waals surface area contributed by atoms with Gasteiger partial charge in [-0.3, -0.25) is 0 Å². The third-order valence-electron chi connectivity index (χ3n) is 3.74. The number of ether oxygens (including phenoxy) is 1. The molecule has 1 aromatic heterocycles. The maximum absolute atomic E-state index is 6.03. The monoisotopic (exact) mass is 269 g/mol. The van der Waals surface area contributed by atoms with Gasteiger partial charge in [0.05, 0.1) is 5.60 Å². The Morgan fingerprint density at radius 3 is 3.29 bits per heavy atom. The topological polar surface area (TPSA) is 21.3 Å². The van der Waals surface area contributed by atoms with E-state index in [1.54, 1.807) is 11.3 Å². The van der Waals surface area contributed by atoms with Crippen molar-refractivity contribution in [1.82, 2.24) is 5.32 Å². The quantitative estimate of drug-likeness (QED) is 0.911. The first-order valence-electron chi connectivity index (χ1n) is 6.33. The molecular weight excluding hydrogens is 250 g/mol. The summed E-state index contributed by atoms with van der Waals surface area (Å²) in [6.45, 7) is 1.94. The Labute approximate surface area is 111 Å². The molecule has 2 aliphatic rings. The molecule has 3 rings (SSSR count). The zero-order valence-corrected chi connectivity index (χ0v) is 11.6. The highest BCUT2D eigenvalue weighted by Crippen LogP contribution is 2.38. The van der Waals surface area contributed by atoms with Gasteiger partial charge in [-0.1, -0.05) is 0 Å². The molecule has 0 amide bonds. The Morgan fingerprint density at radius 2 is 2.53 bits per heavy atom. The van der Waals surface area contributed by atoms with Crippen LogP contribution in [0.15, 0.2) is 16.8 Å². The molecule has 2 atom stereocenters. The first kappa shape index (κ1) is 12.0. The van der Waals surface area contributed by atoms with Crippen LogP contribution in [0.5, 0.6) is 0 Å². The summed E-state index contributed by atoms with van der Waals surface area (Å²) in [4.78, 5) is 0. The number of rotatable bonds is 3. The maximum atomic E-state index is 6.03. The van der Waals surface area contributed by atoms with E-state index in [1.807, 2.05) is 11.8 Å². The number of hydrogen-bond acceptors (Lipinski definition) is 4. The lowest BCUT2D eigenvalue weighted by Crippen LogP contribution is -2.46. The van der Waals surface area contributed by atoms with E-state index in [1.165, 1.54) is 29.9 Å². The zero-order chi connectivity index (χ0) is 11.6. The van der Waals surface area contributed by atoms with E-state index < -0.39 is 0 Å². The van der Waals surface area contributed by atoms with Crippen molar-refractivity contribution >= 4 is 23.1 Å². The second-order valence-electron chi connectivity index (χ2n) is 5.04. The largest absolute Gasteiger partial charge is 0.374 e. The molecule has 17 heavy (non-hydrogen) atoms. The fourth-order valence-electron chi connectivity index (χ4n) is 2.72. The summed E-state index contributed by atoms with van der Waals surface area (Å²) in [5, 5.41) is 8.07. The zero-order valence-electron chi connectivity index (χ0n) is 9.98. The molecule has 1 N–H and O–H groups in total. The van der Waals surface area contributed by atoms with Crippen molar-refractivity contribution in [3.05, 3.63) is 22.4 Å². The van der Waals surface area contributed by atoms with Gasteiger partial charge in [-0.25, -0.2) is 0 Å². The molecule has 0 radical (unpaired) electrons. The predicted molar refractivity (Wildman–Crippen MR) is 74.8 cm³/mol. The lowest BCUT2D eigenvalue weighted by Gasteiger charge is -2.38. The Morgan fingerprint density at radius 1 is 1.53 bits per heavy atom. The minimum absolute atomic E-state index is 0.204. The third-order valence-corrected chi connectivity index (χ3v) is 5.69. The average molecular weight is 269 g/mol. The molecule has 0 aliphatic carbocycles. The first-order chi connectivity index (χ1) is 8.36. The predicted octanol–water partition coefficient (Wildman–Crippen LogP) is 2.89. The molecule has 2 nitrogen and oxygen atoms in total. The highest BCUT2D eigenvalue weighted by atomic mass is 32.2. The van der Waals surface area contributed by atoms with Crippen LogP contribution in [0, 0.1) is 0 Å². The van der Waals surface area contributed by atoms with Crippen molar-refractivity contribution in [2.45, 2.75) is 37.5 Å². The molecule has 94 valence electrons. The summed E-state index contributed by atoms with van der Waals surface area (Å²) in [6.07, 6.45) is 3.61. The lowest BCUT2D eigenvalue weighted by atomic mass is 9.90. The molecule has 2 fully saturated rings. The number of thioether (sulfide) groups is 1. The van der Waals surface area contributed by atoms with Crippen LogP contribution >= 0.6 is 23.1 Å². The fourth-order valence-corrected chi connectivity index (χ4v) is 4.77. The number of thiophene rings is 1. The van der Waals surface area contributed by atoms with Crippen LogP contribution in [-0.2, 0) is 11.3 Å². The van der Waals surface area contributed by atoms with Crippen molar-refractivity contribution in [2.24, 2.45) is 0 Å². The molecular formula is C13H19NOS2. The van der Waals surface area contributed by atoms with Gasteiger partial charge in [0.2, 0.25) is 0 Å². The van der Waals surface area contributed by atoms with Gasteiger partial charge in [-0.15, -0.1) is 0 Å². The molecule has 2 unspecified atom stereocenters.